The van der Waals surface area contributed by atoms with Crippen LogP contribution in [0.4, 0.5) is 0 Å². The normalized spacial score (nSPS) is 23.3. The third kappa shape index (κ3) is 3.19. The Balaban J connectivity index is 1.49. The lowest BCUT2D eigenvalue weighted by atomic mass is 9.77. The maximum atomic E-state index is 13.1. The molecular weight excluding hydrogens is 342 g/mol. The van der Waals surface area contributed by atoms with Gasteiger partial charge in [-0.2, -0.15) is 0 Å². The number of aryl methyl sites for hydroxylation is 3. The second-order valence-electron chi connectivity index (χ2n) is 7.89. The van der Waals surface area contributed by atoms with Crippen molar-refractivity contribution < 1.29 is 4.79 Å². The number of hydrogen-bond acceptors (Lipinski definition) is 4. The van der Waals surface area contributed by atoms with E-state index >= 15 is 0 Å². The number of piperidine rings is 1. The maximum Gasteiger partial charge on any atom is 0.254 e. The Kier molecular flexibility index (Phi) is 4.61. The van der Waals surface area contributed by atoms with Gasteiger partial charge < -0.3 is 4.90 Å². The molecule has 3 heterocycles. The van der Waals surface area contributed by atoms with Gasteiger partial charge in [0.05, 0.1) is 5.01 Å². The Morgan fingerprint density at radius 2 is 2.08 bits per heavy atom. The van der Waals surface area contributed by atoms with Crippen LogP contribution in [-0.2, 0) is 6.54 Å². The molecule has 2 aliphatic rings. The number of nitrogens with zero attached hydrogens (tertiary/aromatic N) is 3. The molecular formula is C21H27N3OS. The Morgan fingerprint density at radius 1 is 1.23 bits per heavy atom. The summed E-state index contributed by atoms with van der Waals surface area (Å²) in [4.78, 5) is 23.5. The summed E-state index contributed by atoms with van der Waals surface area (Å²) in [7, 11) is 0. The van der Waals surface area contributed by atoms with Gasteiger partial charge in [-0.3, -0.25) is 9.69 Å². The minimum atomic E-state index is 0.171. The molecule has 4 nitrogen and oxygen atoms in total. The van der Waals surface area contributed by atoms with Crippen LogP contribution in [0.3, 0.4) is 0 Å². The molecule has 2 aromatic rings. The first-order valence-corrected chi connectivity index (χ1v) is 10.3. The van der Waals surface area contributed by atoms with Gasteiger partial charge in [-0.15, -0.1) is 11.3 Å². The summed E-state index contributed by atoms with van der Waals surface area (Å²) < 4.78 is 0. The molecule has 26 heavy (non-hydrogen) atoms. The number of amides is 1. The molecule has 138 valence electrons. The molecule has 1 atom stereocenters. The van der Waals surface area contributed by atoms with Gasteiger partial charge in [0.25, 0.3) is 5.91 Å². The first-order valence-electron chi connectivity index (χ1n) is 9.50. The summed E-state index contributed by atoms with van der Waals surface area (Å²) in [6.07, 6.45) is 5.49. The summed E-state index contributed by atoms with van der Waals surface area (Å²) in [6.45, 7) is 10.0. The topological polar surface area (TPSA) is 36.4 Å². The van der Waals surface area contributed by atoms with Gasteiger partial charge in [0, 0.05) is 48.4 Å². The quantitative estimate of drug-likeness (QED) is 0.822. The van der Waals surface area contributed by atoms with Gasteiger partial charge in [-0.1, -0.05) is 17.7 Å². The predicted octanol–water partition coefficient (Wildman–Crippen LogP) is 3.95. The van der Waals surface area contributed by atoms with E-state index in [2.05, 4.69) is 34.7 Å². The Morgan fingerprint density at radius 3 is 2.73 bits per heavy atom. The molecule has 0 aliphatic carbocycles. The zero-order valence-electron chi connectivity index (χ0n) is 15.9. The van der Waals surface area contributed by atoms with Crippen LogP contribution >= 0.6 is 11.3 Å². The monoisotopic (exact) mass is 369 g/mol. The molecule has 2 saturated heterocycles. The van der Waals surface area contributed by atoms with Crippen LogP contribution in [0, 0.1) is 20.8 Å². The number of thiazole rings is 1. The lowest BCUT2D eigenvalue weighted by Crippen LogP contribution is -2.66. The van der Waals surface area contributed by atoms with Crippen molar-refractivity contribution in [1.29, 1.82) is 0 Å². The fourth-order valence-corrected chi connectivity index (χ4v) is 5.28. The summed E-state index contributed by atoms with van der Waals surface area (Å²) in [5.41, 5.74) is 3.32. The van der Waals surface area contributed by atoms with Gasteiger partial charge in [0.1, 0.15) is 0 Å². The average Bonchev–Trinajstić information content (AvgIpc) is 3.03. The number of benzene rings is 1. The van der Waals surface area contributed by atoms with Gasteiger partial charge in [-0.25, -0.2) is 4.98 Å². The van der Waals surface area contributed by atoms with Gasteiger partial charge in [0.2, 0.25) is 0 Å². The molecule has 2 aliphatic heterocycles. The standard InChI is InChI=1S/C21H27N3OS/c1-15-5-6-19(16(2)11-15)20(25)23-9-4-7-21(14-23)8-10-24(21)13-18-12-22-17(3)26-18/h5-6,11-12H,4,7-10,13-14H2,1-3H3. The highest BCUT2D eigenvalue weighted by atomic mass is 32.1. The Hall–Kier alpha value is -1.72. The van der Waals surface area contributed by atoms with E-state index in [-0.39, 0.29) is 11.4 Å². The molecule has 0 N–H and O–H groups in total. The van der Waals surface area contributed by atoms with E-state index in [0.29, 0.717) is 0 Å². The highest BCUT2D eigenvalue weighted by molar-refractivity contribution is 7.11. The molecule has 1 aromatic heterocycles. The Labute approximate surface area is 159 Å². The van der Waals surface area contributed by atoms with Gasteiger partial charge in [0.15, 0.2) is 0 Å². The zero-order chi connectivity index (χ0) is 18.3. The lowest BCUT2D eigenvalue weighted by molar-refractivity contribution is -0.0643. The molecule has 0 bridgehead atoms. The summed E-state index contributed by atoms with van der Waals surface area (Å²) in [6, 6.07) is 6.14. The van der Waals surface area contributed by atoms with Crippen molar-refractivity contribution in [2.75, 3.05) is 19.6 Å². The number of carbonyl (C=O) groups is 1. The molecule has 1 unspecified atom stereocenters. The van der Waals surface area contributed by atoms with Gasteiger partial charge in [-0.05, 0) is 51.7 Å². The van der Waals surface area contributed by atoms with Crippen LogP contribution in [0.5, 0.6) is 0 Å². The van der Waals surface area contributed by atoms with Crippen LogP contribution in [0.2, 0.25) is 0 Å². The number of aromatic nitrogens is 1. The highest BCUT2D eigenvalue weighted by Gasteiger charge is 2.48. The smallest absolute Gasteiger partial charge is 0.254 e. The number of hydrogen-bond donors (Lipinski definition) is 0. The largest absolute Gasteiger partial charge is 0.337 e. The van der Waals surface area contributed by atoms with Crippen molar-refractivity contribution in [1.82, 2.24) is 14.8 Å². The molecule has 4 rings (SSSR count). The van der Waals surface area contributed by atoms with E-state index in [1.165, 1.54) is 23.3 Å². The molecule has 0 saturated carbocycles. The van der Waals surface area contributed by atoms with Crippen LogP contribution in [0.1, 0.15) is 50.6 Å². The summed E-state index contributed by atoms with van der Waals surface area (Å²) >= 11 is 1.79. The van der Waals surface area contributed by atoms with Crippen molar-refractivity contribution in [3.8, 4) is 0 Å². The molecule has 1 spiro atoms. The Bertz CT molecular complexity index is 830. The van der Waals surface area contributed by atoms with Crippen LogP contribution in [-0.4, -0.2) is 45.9 Å². The summed E-state index contributed by atoms with van der Waals surface area (Å²) in [5, 5.41) is 1.13. The van der Waals surface area contributed by atoms with E-state index in [1.54, 1.807) is 11.3 Å². The molecule has 1 amide bonds. The first-order chi connectivity index (χ1) is 12.5. The lowest BCUT2D eigenvalue weighted by Gasteiger charge is -2.57. The van der Waals surface area contributed by atoms with Crippen molar-refractivity contribution in [2.24, 2.45) is 0 Å². The van der Waals surface area contributed by atoms with Crippen LogP contribution < -0.4 is 0 Å². The highest BCUT2D eigenvalue weighted by Crippen LogP contribution is 2.40. The predicted molar refractivity (Wildman–Crippen MR) is 106 cm³/mol. The molecule has 1 aromatic carbocycles. The molecule has 0 radical (unpaired) electrons. The second kappa shape index (κ2) is 6.78. The maximum absolute atomic E-state index is 13.1. The zero-order valence-corrected chi connectivity index (χ0v) is 16.7. The van der Waals surface area contributed by atoms with Crippen LogP contribution in [0.25, 0.3) is 0 Å². The van der Waals surface area contributed by atoms with Crippen molar-refractivity contribution in [2.45, 2.75) is 52.1 Å². The third-order valence-corrected chi connectivity index (χ3v) is 6.89. The summed E-state index contributed by atoms with van der Waals surface area (Å²) in [5.74, 6) is 0.196. The average molecular weight is 370 g/mol. The third-order valence-electron chi connectivity index (χ3n) is 5.99. The fourth-order valence-electron chi connectivity index (χ4n) is 4.47. The van der Waals surface area contributed by atoms with E-state index in [0.717, 1.165) is 48.7 Å². The van der Waals surface area contributed by atoms with Crippen molar-refractivity contribution in [3.05, 3.63) is 51.0 Å². The van der Waals surface area contributed by atoms with E-state index < -0.39 is 0 Å². The molecule has 2 fully saturated rings. The number of rotatable bonds is 3. The SMILES string of the molecule is Cc1ccc(C(=O)N2CCCC3(CCN3Cc3cnc(C)s3)C2)c(C)c1. The first kappa shape index (κ1) is 17.7. The fraction of sp³-hybridized carbons (Fsp3) is 0.524. The van der Waals surface area contributed by atoms with E-state index in [9.17, 15) is 4.79 Å². The number of carbonyl (C=O) groups excluding carboxylic acids is 1. The van der Waals surface area contributed by atoms with Crippen molar-refractivity contribution >= 4 is 17.2 Å². The van der Waals surface area contributed by atoms with Crippen molar-refractivity contribution in [3.63, 3.8) is 0 Å². The van der Waals surface area contributed by atoms with E-state index in [4.69, 9.17) is 0 Å². The van der Waals surface area contributed by atoms with E-state index in [1.807, 2.05) is 25.3 Å². The molecule has 5 heteroatoms. The minimum Gasteiger partial charge on any atom is -0.337 e. The van der Waals surface area contributed by atoms with Gasteiger partial charge >= 0.3 is 0 Å². The minimum absolute atomic E-state index is 0.171. The number of likely N-dealkylation sites (tertiary alicyclic amines) is 2. The van der Waals surface area contributed by atoms with Crippen LogP contribution in [0.15, 0.2) is 24.4 Å². The second-order valence-corrected chi connectivity index (χ2v) is 9.21.